The van der Waals surface area contributed by atoms with Gasteiger partial charge >= 0.3 is 5.97 Å². The number of anilines is 1. The van der Waals surface area contributed by atoms with Crippen LogP contribution in [-0.4, -0.2) is 51.6 Å². The number of rotatable bonds is 7. The average molecular weight is 338 g/mol. The molecule has 0 bridgehead atoms. The zero-order valence-corrected chi connectivity index (χ0v) is 14.0. The third-order valence-corrected chi connectivity index (χ3v) is 4.25. The number of carboxylic acids is 1. The van der Waals surface area contributed by atoms with E-state index in [0.717, 1.165) is 44.4 Å². The normalized spacial score (nSPS) is 17.8. The molecule has 2 N–H and O–H groups in total. The number of nitrogens with zero attached hydrogens (tertiary/aromatic N) is 3. The minimum atomic E-state index is -0.995. The van der Waals surface area contributed by atoms with Gasteiger partial charge in [-0.25, -0.2) is 9.78 Å². The maximum Gasteiger partial charge on any atom is 0.328 e. The molecule has 1 aliphatic rings. The molecule has 1 aliphatic heterocycles. The Kier molecular flexibility index (Phi) is 5.74. The second-order valence-electron chi connectivity index (χ2n) is 6.16. The van der Waals surface area contributed by atoms with E-state index >= 15 is 0 Å². The first-order chi connectivity index (χ1) is 12.2. The molecule has 1 unspecified atom stereocenters. The summed E-state index contributed by atoms with van der Waals surface area (Å²) >= 11 is 0. The van der Waals surface area contributed by atoms with Gasteiger partial charge in [-0.1, -0.05) is 30.3 Å². The van der Waals surface area contributed by atoms with Crippen molar-refractivity contribution >= 4 is 17.9 Å². The number of carbonyl (C=O) groups is 1. The van der Waals surface area contributed by atoms with E-state index in [-0.39, 0.29) is 0 Å². The summed E-state index contributed by atoms with van der Waals surface area (Å²) in [5, 5.41) is 12.0. The number of aromatic nitrogens is 2. The molecule has 130 valence electrons. The van der Waals surface area contributed by atoms with Gasteiger partial charge in [-0.3, -0.25) is 4.98 Å². The number of hydrogen-bond acceptors (Lipinski definition) is 5. The Balaban J connectivity index is 1.45. The van der Waals surface area contributed by atoms with Gasteiger partial charge in [0.2, 0.25) is 0 Å². The van der Waals surface area contributed by atoms with E-state index in [1.807, 2.05) is 6.07 Å². The van der Waals surface area contributed by atoms with Crippen LogP contribution < -0.4 is 5.32 Å². The monoisotopic (exact) mass is 338 g/mol. The minimum Gasteiger partial charge on any atom is -0.478 e. The van der Waals surface area contributed by atoms with Crippen LogP contribution in [0.3, 0.4) is 0 Å². The molecule has 1 aromatic heterocycles. The van der Waals surface area contributed by atoms with Crippen LogP contribution in [-0.2, 0) is 11.2 Å². The van der Waals surface area contributed by atoms with Crippen LogP contribution in [0.4, 0.5) is 5.82 Å². The molecular formula is C19H22N4O2. The van der Waals surface area contributed by atoms with E-state index < -0.39 is 5.97 Å². The van der Waals surface area contributed by atoms with Crippen LogP contribution in [0.25, 0.3) is 6.08 Å². The van der Waals surface area contributed by atoms with Gasteiger partial charge in [-0.05, 0) is 24.5 Å². The summed E-state index contributed by atoms with van der Waals surface area (Å²) in [4.78, 5) is 21.5. The van der Waals surface area contributed by atoms with E-state index in [1.165, 1.54) is 11.6 Å². The zero-order chi connectivity index (χ0) is 17.5. The van der Waals surface area contributed by atoms with Crippen LogP contribution >= 0.6 is 0 Å². The van der Waals surface area contributed by atoms with Gasteiger partial charge in [-0.2, -0.15) is 0 Å². The van der Waals surface area contributed by atoms with Crippen molar-refractivity contribution in [3.05, 3.63) is 60.1 Å². The standard InChI is InChI=1S/C19H22N4O2/c24-19(25)7-6-16-12-21-18(13-20-16)22-17-9-11-23(14-17)10-8-15-4-2-1-3-5-15/h1-7,12-13,17H,8-11,14H2,(H,21,22)(H,24,25)/b7-6+. The van der Waals surface area contributed by atoms with Crippen molar-refractivity contribution in [3.8, 4) is 0 Å². The fourth-order valence-corrected chi connectivity index (χ4v) is 2.95. The lowest BCUT2D eigenvalue weighted by atomic mass is 10.1. The zero-order valence-electron chi connectivity index (χ0n) is 14.0. The van der Waals surface area contributed by atoms with Crippen LogP contribution in [0.2, 0.25) is 0 Å². The maximum atomic E-state index is 10.5. The fourth-order valence-electron chi connectivity index (χ4n) is 2.95. The number of benzene rings is 1. The highest BCUT2D eigenvalue weighted by Crippen LogP contribution is 2.15. The summed E-state index contributed by atoms with van der Waals surface area (Å²) in [5.41, 5.74) is 1.90. The lowest BCUT2D eigenvalue weighted by Gasteiger charge is -2.17. The van der Waals surface area contributed by atoms with Gasteiger partial charge in [0.05, 0.1) is 18.1 Å². The maximum absolute atomic E-state index is 10.5. The van der Waals surface area contributed by atoms with E-state index in [1.54, 1.807) is 12.4 Å². The predicted molar refractivity (Wildman–Crippen MR) is 97.3 cm³/mol. The van der Waals surface area contributed by atoms with Crippen LogP contribution in [0.1, 0.15) is 17.7 Å². The molecule has 0 radical (unpaired) electrons. The quantitative estimate of drug-likeness (QED) is 0.754. The Morgan fingerprint density at radius 2 is 2.12 bits per heavy atom. The molecule has 0 saturated carbocycles. The highest BCUT2D eigenvalue weighted by Gasteiger charge is 2.22. The van der Waals surface area contributed by atoms with Crippen molar-refractivity contribution in [2.24, 2.45) is 0 Å². The van der Waals surface area contributed by atoms with Crippen molar-refractivity contribution in [2.45, 2.75) is 18.9 Å². The molecule has 1 saturated heterocycles. The third kappa shape index (κ3) is 5.39. The average Bonchev–Trinajstić information content (AvgIpc) is 3.08. The molecule has 2 heterocycles. The summed E-state index contributed by atoms with van der Waals surface area (Å²) in [7, 11) is 0. The topological polar surface area (TPSA) is 78.3 Å². The number of likely N-dealkylation sites (tertiary alicyclic amines) is 1. The molecule has 1 atom stereocenters. The molecular weight excluding hydrogens is 316 g/mol. The Morgan fingerprint density at radius 3 is 2.84 bits per heavy atom. The minimum absolute atomic E-state index is 0.366. The molecule has 6 heteroatoms. The highest BCUT2D eigenvalue weighted by molar-refractivity contribution is 5.84. The van der Waals surface area contributed by atoms with Crippen LogP contribution in [0.15, 0.2) is 48.8 Å². The summed E-state index contributed by atoms with van der Waals surface area (Å²) in [6, 6.07) is 10.9. The first kappa shape index (κ1) is 17.1. The molecule has 6 nitrogen and oxygen atoms in total. The second kappa shape index (κ2) is 8.39. The molecule has 0 aliphatic carbocycles. The lowest BCUT2D eigenvalue weighted by molar-refractivity contribution is -0.131. The van der Waals surface area contributed by atoms with Gasteiger partial charge in [0.15, 0.2) is 0 Å². The first-order valence-electron chi connectivity index (χ1n) is 8.45. The highest BCUT2D eigenvalue weighted by atomic mass is 16.4. The van der Waals surface area contributed by atoms with Gasteiger partial charge in [-0.15, -0.1) is 0 Å². The Morgan fingerprint density at radius 1 is 1.28 bits per heavy atom. The summed E-state index contributed by atoms with van der Waals surface area (Å²) in [5.74, 6) is -0.270. The molecule has 0 spiro atoms. The van der Waals surface area contributed by atoms with Crippen LogP contribution in [0.5, 0.6) is 0 Å². The van der Waals surface area contributed by atoms with E-state index in [9.17, 15) is 4.79 Å². The second-order valence-corrected chi connectivity index (χ2v) is 6.16. The molecule has 0 amide bonds. The fraction of sp³-hybridized carbons (Fsp3) is 0.316. The molecule has 3 rings (SSSR count). The largest absolute Gasteiger partial charge is 0.478 e. The van der Waals surface area contributed by atoms with Gasteiger partial charge in [0, 0.05) is 31.8 Å². The van der Waals surface area contributed by atoms with Crippen molar-refractivity contribution in [1.29, 1.82) is 0 Å². The summed E-state index contributed by atoms with van der Waals surface area (Å²) in [6.07, 6.45) is 7.85. The Hall–Kier alpha value is -2.73. The SMILES string of the molecule is O=C(O)/C=C/c1cnc(NC2CCN(CCc3ccccc3)C2)cn1. The smallest absolute Gasteiger partial charge is 0.328 e. The van der Waals surface area contributed by atoms with Gasteiger partial charge in [0.1, 0.15) is 5.82 Å². The van der Waals surface area contributed by atoms with Crippen molar-refractivity contribution < 1.29 is 9.90 Å². The number of carboxylic acid groups (broad SMARTS) is 1. The third-order valence-electron chi connectivity index (χ3n) is 4.25. The number of nitrogens with one attached hydrogen (secondary N) is 1. The van der Waals surface area contributed by atoms with E-state index in [2.05, 4.69) is 44.5 Å². The van der Waals surface area contributed by atoms with Crippen molar-refractivity contribution in [2.75, 3.05) is 25.0 Å². The lowest BCUT2D eigenvalue weighted by Crippen LogP contribution is -2.28. The Bertz CT molecular complexity index is 716. The van der Waals surface area contributed by atoms with Gasteiger partial charge in [0.25, 0.3) is 0 Å². The van der Waals surface area contributed by atoms with Crippen molar-refractivity contribution in [3.63, 3.8) is 0 Å². The van der Waals surface area contributed by atoms with E-state index in [0.29, 0.717) is 11.7 Å². The van der Waals surface area contributed by atoms with E-state index in [4.69, 9.17) is 5.11 Å². The molecule has 2 aromatic rings. The number of aliphatic carboxylic acids is 1. The van der Waals surface area contributed by atoms with Gasteiger partial charge < -0.3 is 15.3 Å². The van der Waals surface area contributed by atoms with Crippen molar-refractivity contribution in [1.82, 2.24) is 14.9 Å². The summed E-state index contributed by atoms with van der Waals surface area (Å²) in [6.45, 7) is 3.14. The van der Waals surface area contributed by atoms with Crippen LogP contribution in [0, 0.1) is 0 Å². The number of hydrogen-bond donors (Lipinski definition) is 2. The predicted octanol–water partition coefficient (Wildman–Crippen LogP) is 2.30. The first-order valence-corrected chi connectivity index (χ1v) is 8.45. The molecule has 25 heavy (non-hydrogen) atoms. The summed E-state index contributed by atoms with van der Waals surface area (Å²) < 4.78 is 0. The Labute approximate surface area is 147 Å². The molecule has 1 fully saturated rings. The molecule has 1 aromatic carbocycles.